The van der Waals surface area contributed by atoms with E-state index in [2.05, 4.69) is 66.0 Å². The van der Waals surface area contributed by atoms with E-state index in [1.165, 1.54) is 16.8 Å². The number of benzene rings is 4. The number of rotatable bonds is 6. The van der Waals surface area contributed by atoms with Crippen LogP contribution in [0.4, 0.5) is 11.4 Å². The molecule has 1 aliphatic heterocycles. The van der Waals surface area contributed by atoms with Crippen molar-refractivity contribution >= 4 is 29.2 Å². The lowest BCUT2D eigenvalue weighted by atomic mass is 9.77. The van der Waals surface area contributed by atoms with Crippen LogP contribution in [0.1, 0.15) is 40.6 Å². The zero-order valence-corrected chi connectivity index (χ0v) is 20.6. The molecule has 6 rings (SSSR count). The molecule has 36 heavy (non-hydrogen) atoms. The van der Waals surface area contributed by atoms with Gasteiger partial charge in [0.05, 0.1) is 11.7 Å². The van der Waals surface area contributed by atoms with Gasteiger partial charge >= 0.3 is 0 Å². The van der Waals surface area contributed by atoms with E-state index in [9.17, 15) is 0 Å². The van der Waals surface area contributed by atoms with E-state index < -0.39 is 0 Å². The standard InChI is InChI=1S/C32H27ClN2O/c33-25-9-5-7-22(19-25)21-36-31-14-4-1-8-24(31)20-34-26-17-15-23(16-18-26)32-29-12-6-11-27(29)28-10-2-3-13-30(28)35-32/h1-11,13-20,27,29,32,35H,12,21H2/t27-,29+,32+/m1/s1. The summed E-state index contributed by atoms with van der Waals surface area (Å²) in [6.07, 6.45) is 7.68. The first-order chi connectivity index (χ1) is 17.7. The molecule has 0 spiro atoms. The highest BCUT2D eigenvalue weighted by molar-refractivity contribution is 6.30. The third-order valence-corrected chi connectivity index (χ3v) is 7.31. The van der Waals surface area contributed by atoms with Crippen LogP contribution in [-0.4, -0.2) is 6.21 Å². The van der Waals surface area contributed by atoms with Crippen LogP contribution in [-0.2, 0) is 6.61 Å². The third kappa shape index (κ3) is 4.67. The van der Waals surface area contributed by atoms with Gasteiger partial charge < -0.3 is 10.1 Å². The number of hydrogen-bond donors (Lipinski definition) is 1. The van der Waals surface area contributed by atoms with Gasteiger partial charge in [-0.2, -0.15) is 0 Å². The maximum atomic E-state index is 6.10. The Morgan fingerprint density at radius 3 is 2.64 bits per heavy atom. The lowest BCUT2D eigenvalue weighted by molar-refractivity contribution is 0.306. The van der Waals surface area contributed by atoms with Crippen molar-refractivity contribution in [1.82, 2.24) is 0 Å². The van der Waals surface area contributed by atoms with E-state index in [1.54, 1.807) is 0 Å². The molecule has 1 aliphatic carbocycles. The fourth-order valence-corrected chi connectivity index (χ4v) is 5.50. The smallest absolute Gasteiger partial charge is 0.128 e. The first kappa shape index (κ1) is 22.6. The average Bonchev–Trinajstić information content (AvgIpc) is 3.42. The summed E-state index contributed by atoms with van der Waals surface area (Å²) in [5.74, 6) is 1.81. The van der Waals surface area contributed by atoms with E-state index >= 15 is 0 Å². The van der Waals surface area contributed by atoms with Gasteiger partial charge in [0.15, 0.2) is 0 Å². The molecular weight excluding hydrogens is 464 g/mol. The van der Waals surface area contributed by atoms with E-state index in [1.807, 2.05) is 54.7 Å². The van der Waals surface area contributed by atoms with Gasteiger partial charge in [0.2, 0.25) is 0 Å². The molecule has 0 bridgehead atoms. The minimum absolute atomic E-state index is 0.290. The molecule has 4 aromatic carbocycles. The normalized spacial score (nSPS) is 20.1. The summed E-state index contributed by atoms with van der Waals surface area (Å²) in [5.41, 5.74) is 6.84. The van der Waals surface area contributed by atoms with Gasteiger partial charge in [-0.1, -0.05) is 78.4 Å². The molecule has 2 aliphatic rings. The second kappa shape index (κ2) is 10.0. The molecule has 0 saturated heterocycles. The molecule has 0 amide bonds. The molecule has 0 aromatic heterocycles. The third-order valence-electron chi connectivity index (χ3n) is 7.08. The first-order valence-corrected chi connectivity index (χ1v) is 12.7. The van der Waals surface area contributed by atoms with Crippen LogP contribution in [0.3, 0.4) is 0 Å². The molecule has 3 nitrogen and oxygen atoms in total. The molecule has 0 fully saturated rings. The predicted molar refractivity (Wildman–Crippen MR) is 149 cm³/mol. The Kier molecular flexibility index (Phi) is 6.31. The summed E-state index contributed by atoms with van der Waals surface area (Å²) in [7, 11) is 0. The molecular formula is C32H27ClN2O. The van der Waals surface area contributed by atoms with Crippen molar-refractivity contribution in [3.8, 4) is 5.75 Å². The second-order valence-corrected chi connectivity index (χ2v) is 9.81. The van der Waals surface area contributed by atoms with Crippen molar-refractivity contribution in [2.45, 2.75) is 25.0 Å². The van der Waals surface area contributed by atoms with E-state index in [0.717, 1.165) is 29.0 Å². The summed E-state index contributed by atoms with van der Waals surface area (Å²) >= 11 is 6.10. The fraction of sp³-hybridized carbons (Fsp3) is 0.156. The number of aliphatic imine (C=N–C) groups is 1. The van der Waals surface area contributed by atoms with Crippen LogP contribution in [0.5, 0.6) is 5.75 Å². The van der Waals surface area contributed by atoms with Gasteiger partial charge in [-0.25, -0.2) is 0 Å². The number of anilines is 1. The monoisotopic (exact) mass is 490 g/mol. The van der Waals surface area contributed by atoms with Crippen LogP contribution in [0.2, 0.25) is 5.02 Å². The number of para-hydroxylation sites is 2. The molecule has 178 valence electrons. The Morgan fingerprint density at radius 1 is 0.917 bits per heavy atom. The quantitative estimate of drug-likeness (QED) is 0.217. The number of halogens is 1. The molecule has 0 unspecified atom stereocenters. The lowest BCUT2D eigenvalue weighted by Crippen LogP contribution is -2.28. The Balaban J connectivity index is 1.17. The summed E-state index contributed by atoms with van der Waals surface area (Å²) in [6.45, 7) is 0.453. The molecule has 1 N–H and O–H groups in total. The highest BCUT2D eigenvalue weighted by atomic mass is 35.5. The minimum Gasteiger partial charge on any atom is -0.488 e. The molecule has 0 radical (unpaired) electrons. The highest BCUT2D eigenvalue weighted by Crippen LogP contribution is 2.49. The Hall–Kier alpha value is -3.82. The van der Waals surface area contributed by atoms with Crippen molar-refractivity contribution in [2.75, 3.05) is 5.32 Å². The zero-order valence-electron chi connectivity index (χ0n) is 19.8. The van der Waals surface area contributed by atoms with Crippen LogP contribution < -0.4 is 10.1 Å². The maximum Gasteiger partial charge on any atom is 0.128 e. The van der Waals surface area contributed by atoms with E-state index in [-0.39, 0.29) is 0 Å². The SMILES string of the molecule is Clc1cccc(COc2ccccc2C=Nc2ccc([C@@H]3Nc4ccccc4[C@H]4C=CC[C@@H]43)cc2)c1. The number of ether oxygens (including phenoxy) is 1. The minimum atomic E-state index is 0.290. The summed E-state index contributed by atoms with van der Waals surface area (Å²) < 4.78 is 6.07. The van der Waals surface area contributed by atoms with Gasteiger partial charge in [0.1, 0.15) is 12.4 Å². The molecule has 3 atom stereocenters. The molecule has 1 heterocycles. The lowest BCUT2D eigenvalue weighted by Gasteiger charge is -2.37. The Morgan fingerprint density at radius 2 is 1.75 bits per heavy atom. The van der Waals surface area contributed by atoms with Crippen LogP contribution >= 0.6 is 11.6 Å². The fourth-order valence-electron chi connectivity index (χ4n) is 5.29. The van der Waals surface area contributed by atoms with Gasteiger partial charge in [-0.15, -0.1) is 0 Å². The zero-order chi connectivity index (χ0) is 24.3. The molecule has 4 heteroatoms. The van der Waals surface area contributed by atoms with Crippen molar-refractivity contribution in [2.24, 2.45) is 10.9 Å². The van der Waals surface area contributed by atoms with Crippen molar-refractivity contribution < 1.29 is 4.74 Å². The van der Waals surface area contributed by atoms with Gasteiger partial charge in [0.25, 0.3) is 0 Å². The highest BCUT2D eigenvalue weighted by Gasteiger charge is 2.37. The predicted octanol–water partition coefficient (Wildman–Crippen LogP) is 8.50. The number of nitrogens with one attached hydrogen (secondary N) is 1. The largest absolute Gasteiger partial charge is 0.488 e. The van der Waals surface area contributed by atoms with Gasteiger partial charge in [-0.3, -0.25) is 4.99 Å². The average molecular weight is 491 g/mol. The Labute approximate surface area is 217 Å². The summed E-state index contributed by atoms with van der Waals surface area (Å²) in [5, 5.41) is 4.51. The van der Waals surface area contributed by atoms with Crippen LogP contribution in [0.25, 0.3) is 0 Å². The van der Waals surface area contributed by atoms with Crippen molar-refractivity contribution in [1.29, 1.82) is 0 Å². The van der Waals surface area contributed by atoms with Gasteiger partial charge in [-0.05, 0) is 71.5 Å². The van der Waals surface area contributed by atoms with Crippen LogP contribution in [0, 0.1) is 5.92 Å². The number of nitrogens with zero attached hydrogens (tertiary/aromatic N) is 1. The van der Waals surface area contributed by atoms with Gasteiger partial charge in [0, 0.05) is 28.4 Å². The van der Waals surface area contributed by atoms with Crippen molar-refractivity contribution in [3.63, 3.8) is 0 Å². The maximum absolute atomic E-state index is 6.10. The van der Waals surface area contributed by atoms with Crippen molar-refractivity contribution in [3.05, 3.63) is 136 Å². The summed E-state index contributed by atoms with van der Waals surface area (Å²) in [4.78, 5) is 4.74. The summed E-state index contributed by atoms with van der Waals surface area (Å²) in [6, 6.07) is 33.3. The van der Waals surface area contributed by atoms with E-state index in [4.69, 9.17) is 21.3 Å². The Bertz CT molecular complexity index is 1430. The van der Waals surface area contributed by atoms with E-state index in [0.29, 0.717) is 29.5 Å². The second-order valence-electron chi connectivity index (χ2n) is 9.37. The van der Waals surface area contributed by atoms with Crippen LogP contribution in [0.15, 0.2) is 114 Å². The number of hydrogen-bond acceptors (Lipinski definition) is 3. The molecule has 4 aromatic rings. The molecule has 0 saturated carbocycles. The first-order valence-electron chi connectivity index (χ1n) is 12.4. The number of allylic oxidation sites excluding steroid dienone is 2. The number of fused-ring (bicyclic) bond motifs is 3. The topological polar surface area (TPSA) is 33.6 Å².